The fraction of sp³-hybridized carbons (Fsp3) is 0.143. The van der Waals surface area contributed by atoms with E-state index < -0.39 is 40.8 Å². The molecule has 320 valence electrons. The molecular weight excluding hydrogens is 863 g/mol. The Balaban J connectivity index is 1.05. The number of aromatic nitrogens is 3. The van der Waals surface area contributed by atoms with Crippen LogP contribution in [0.25, 0.3) is 0 Å². The van der Waals surface area contributed by atoms with Crippen molar-refractivity contribution in [1.29, 1.82) is 0 Å². The number of rotatable bonds is 15. The predicted octanol–water partition coefficient (Wildman–Crippen LogP) is 7.99. The first-order valence-electron chi connectivity index (χ1n) is 20.3. The number of benzene rings is 5. The van der Waals surface area contributed by atoms with Crippen molar-refractivity contribution in [2.75, 3.05) is 18.6 Å². The Bertz CT molecular complexity index is 2690. The molecule has 0 aliphatic carbocycles. The van der Waals surface area contributed by atoms with Crippen LogP contribution in [0, 0.1) is 0 Å². The van der Waals surface area contributed by atoms with Crippen molar-refractivity contribution in [2.24, 2.45) is 5.16 Å². The zero-order valence-corrected chi connectivity index (χ0v) is 36.8. The standard InChI is InChI=1S/C49H41N7O5S3/c1-60-54-40(38-30-64-48(50)52-38)44(57)53-41-45(58)56-42(47(59)61-43(33-17-7-2-8-18-33)34-19-9-3-10-20-34)39(31-63-46(41)56)62-29-32-27-51-55(28-32)49(35-21-11-4-12-22-35,36-23-13-5-14-24-36)37-25-15-6-16-26-37/h2-28,30,41,43,46H,29,31H2,1H3,(H2,50,52)(H,53,57)/b54-40-/t41-,46-/m1/s1. The van der Waals surface area contributed by atoms with Crippen LogP contribution in [-0.4, -0.2) is 67.4 Å². The molecule has 1 fully saturated rings. The number of nitrogens with one attached hydrogen (secondary N) is 1. The van der Waals surface area contributed by atoms with E-state index in [1.54, 1.807) is 5.38 Å². The Morgan fingerprint density at radius 1 is 0.859 bits per heavy atom. The molecule has 9 rings (SSSR count). The quantitative estimate of drug-likeness (QED) is 0.0340. The Kier molecular flexibility index (Phi) is 12.4. The molecular formula is C49H41N7O5S3. The van der Waals surface area contributed by atoms with Crippen LogP contribution in [0.3, 0.4) is 0 Å². The molecule has 15 heteroatoms. The maximum Gasteiger partial charge on any atom is 0.356 e. The fourth-order valence-electron chi connectivity index (χ4n) is 8.06. The van der Waals surface area contributed by atoms with Gasteiger partial charge in [0.05, 0.1) is 6.20 Å². The first-order chi connectivity index (χ1) is 31.4. The van der Waals surface area contributed by atoms with Gasteiger partial charge in [-0.25, -0.2) is 9.78 Å². The molecule has 1 saturated heterocycles. The van der Waals surface area contributed by atoms with E-state index in [0.717, 1.165) is 44.7 Å². The lowest BCUT2D eigenvalue weighted by Gasteiger charge is -2.49. The highest BCUT2D eigenvalue weighted by Gasteiger charge is 2.55. The summed E-state index contributed by atoms with van der Waals surface area (Å²) in [6, 6.07) is 49.0. The Morgan fingerprint density at radius 2 is 1.41 bits per heavy atom. The van der Waals surface area contributed by atoms with Crippen molar-refractivity contribution in [2.45, 2.75) is 28.8 Å². The van der Waals surface area contributed by atoms with Crippen molar-refractivity contribution >= 4 is 63.5 Å². The highest BCUT2D eigenvalue weighted by molar-refractivity contribution is 8.05. The van der Waals surface area contributed by atoms with Gasteiger partial charge in [0.15, 0.2) is 16.9 Å². The number of thioether (sulfide) groups is 2. The normalized spacial score (nSPS) is 16.2. The molecule has 64 heavy (non-hydrogen) atoms. The summed E-state index contributed by atoms with van der Waals surface area (Å²) < 4.78 is 8.43. The van der Waals surface area contributed by atoms with Gasteiger partial charge in [-0.15, -0.1) is 34.9 Å². The van der Waals surface area contributed by atoms with Crippen LogP contribution in [0.15, 0.2) is 185 Å². The SMILES string of the molecule is CO/N=C(\C(=O)N[C@@H]1C(=O)N2C(C(=O)OC(c3ccccc3)c3ccccc3)=C(SCc3cnn(C(c4ccccc4)(c4ccccc4)c4ccccc4)c3)CS[C@H]12)c1csc(N)n1. The molecule has 7 aromatic rings. The number of oxime groups is 1. The lowest BCUT2D eigenvalue weighted by Crippen LogP contribution is -2.71. The van der Waals surface area contributed by atoms with Crippen molar-refractivity contribution in [1.82, 2.24) is 25.0 Å². The van der Waals surface area contributed by atoms with Gasteiger partial charge in [-0.3, -0.25) is 19.2 Å². The largest absolute Gasteiger partial charge is 0.448 e. The number of nitrogen functional groups attached to an aromatic ring is 1. The van der Waals surface area contributed by atoms with Crippen molar-refractivity contribution in [3.05, 3.63) is 219 Å². The number of carbonyl (C=O) groups is 3. The number of hydrogen-bond donors (Lipinski definition) is 2. The number of ether oxygens (including phenoxy) is 1. The van der Waals surface area contributed by atoms with Crippen LogP contribution < -0.4 is 11.1 Å². The summed E-state index contributed by atoms with van der Waals surface area (Å²) >= 11 is 4.05. The Morgan fingerprint density at radius 3 is 1.92 bits per heavy atom. The van der Waals surface area contributed by atoms with E-state index in [0.29, 0.717) is 16.4 Å². The third-order valence-electron chi connectivity index (χ3n) is 11.0. The van der Waals surface area contributed by atoms with E-state index in [2.05, 4.69) is 51.9 Å². The van der Waals surface area contributed by atoms with Gasteiger partial charge in [-0.05, 0) is 27.8 Å². The van der Waals surface area contributed by atoms with Crippen LogP contribution in [-0.2, 0) is 35.2 Å². The number of nitrogens with zero attached hydrogens (tertiary/aromatic N) is 5. The molecule has 4 heterocycles. The van der Waals surface area contributed by atoms with E-state index >= 15 is 0 Å². The van der Waals surface area contributed by atoms with Gasteiger partial charge < -0.3 is 20.6 Å². The van der Waals surface area contributed by atoms with E-state index in [1.807, 2.05) is 132 Å². The number of thiazole rings is 1. The van der Waals surface area contributed by atoms with E-state index in [-0.39, 0.29) is 22.2 Å². The summed E-state index contributed by atoms with van der Waals surface area (Å²) in [7, 11) is 1.31. The molecule has 2 atom stereocenters. The van der Waals surface area contributed by atoms with Gasteiger partial charge in [0, 0.05) is 33.6 Å². The molecule has 2 aliphatic rings. The Labute approximate surface area is 382 Å². The molecule has 3 N–H and O–H groups in total. The van der Waals surface area contributed by atoms with Crippen molar-refractivity contribution < 1.29 is 24.0 Å². The topological polar surface area (TPSA) is 154 Å². The second kappa shape index (κ2) is 18.8. The summed E-state index contributed by atoms with van der Waals surface area (Å²) in [5, 5.41) is 13.0. The smallest absolute Gasteiger partial charge is 0.356 e. The molecule has 12 nitrogen and oxygen atoms in total. The Hall–Kier alpha value is -6.94. The second-order valence-electron chi connectivity index (χ2n) is 14.8. The number of β-lactam (4-membered cyclic amide) rings is 1. The van der Waals surface area contributed by atoms with Gasteiger partial charge in [-0.1, -0.05) is 157 Å². The van der Waals surface area contributed by atoms with Crippen molar-refractivity contribution in [3.8, 4) is 0 Å². The number of amides is 2. The van der Waals surface area contributed by atoms with Gasteiger partial charge in [0.25, 0.3) is 11.8 Å². The van der Waals surface area contributed by atoms with Crippen LogP contribution in [0.5, 0.6) is 0 Å². The lowest BCUT2D eigenvalue weighted by molar-refractivity contribution is -0.154. The van der Waals surface area contributed by atoms with Gasteiger partial charge in [-0.2, -0.15) is 5.10 Å². The van der Waals surface area contributed by atoms with Crippen LogP contribution in [0.4, 0.5) is 5.13 Å². The third-order valence-corrected chi connectivity index (χ3v) is 14.3. The van der Waals surface area contributed by atoms with Crippen LogP contribution >= 0.6 is 34.9 Å². The number of anilines is 1. The molecule has 2 aliphatic heterocycles. The summed E-state index contributed by atoms with van der Waals surface area (Å²) in [4.78, 5) is 53.9. The molecule has 0 radical (unpaired) electrons. The number of carbonyl (C=O) groups excluding carboxylic acids is 3. The maximum atomic E-state index is 14.8. The maximum absolute atomic E-state index is 14.8. The molecule has 0 bridgehead atoms. The van der Waals surface area contributed by atoms with Gasteiger partial charge in [0.1, 0.15) is 35.5 Å². The fourth-order valence-corrected chi connectivity index (χ4v) is 11.2. The third kappa shape index (κ3) is 8.20. The van der Waals surface area contributed by atoms with E-state index in [1.165, 1.54) is 35.5 Å². The van der Waals surface area contributed by atoms with Gasteiger partial charge in [0.2, 0.25) is 0 Å². The summed E-state index contributed by atoms with van der Waals surface area (Å²) in [6.07, 6.45) is 3.14. The highest BCUT2D eigenvalue weighted by Crippen LogP contribution is 2.46. The molecule has 2 aromatic heterocycles. The number of fused-ring (bicyclic) bond motifs is 1. The van der Waals surface area contributed by atoms with E-state index in [4.69, 9.17) is 20.4 Å². The number of esters is 1. The zero-order valence-electron chi connectivity index (χ0n) is 34.4. The molecule has 0 saturated carbocycles. The molecule has 5 aromatic carbocycles. The minimum absolute atomic E-state index is 0.126. The average molecular weight is 904 g/mol. The number of nitrogens with two attached hydrogens (primary N) is 1. The number of hydrogen-bond acceptors (Lipinski definition) is 12. The van der Waals surface area contributed by atoms with Crippen molar-refractivity contribution in [3.63, 3.8) is 0 Å². The minimum atomic E-state index is -0.968. The molecule has 0 spiro atoms. The first-order valence-corrected chi connectivity index (χ1v) is 23.2. The van der Waals surface area contributed by atoms with Crippen LogP contribution in [0.2, 0.25) is 0 Å². The molecule has 0 unspecified atom stereocenters. The zero-order chi connectivity index (χ0) is 44.0. The highest BCUT2D eigenvalue weighted by atomic mass is 32.2. The van der Waals surface area contributed by atoms with Crippen LogP contribution in [0.1, 0.15) is 45.2 Å². The molecule has 2 amide bonds. The monoisotopic (exact) mass is 903 g/mol. The lowest BCUT2D eigenvalue weighted by atomic mass is 9.77. The average Bonchev–Trinajstić information content (AvgIpc) is 4.01. The summed E-state index contributed by atoms with van der Waals surface area (Å²) in [6.45, 7) is 0. The minimum Gasteiger partial charge on any atom is -0.448 e. The predicted molar refractivity (Wildman–Crippen MR) is 251 cm³/mol. The summed E-state index contributed by atoms with van der Waals surface area (Å²) in [5.41, 5.74) is 10.8. The van der Waals surface area contributed by atoms with Gasteiger partial charge >= 0.3 is 5.97 Å². The van der Waals surface area contributed by atoms with E-state index in [9.17, 15) is 14.4 Å². The second-order valence-corrected chi connectivity index (χ2v) is 17.9. The summed E-state index contributed by atoms with van der Waals surface area (Å²) in [5.74, 6) is -0.985. The first kappa shape index (κ1) is 42.4.